The van der Waals surface area contributed by atoms with Crippen molar-refractivity contribution in [1.29, 1.82) is 0 Å². The highest BCUT2D eigenvalue weighted by molar-refractivity contribution is 5.82. The molecule has 4 nitrogen and oxygen atoms in total. The third kappa shape index (κ3) is 3.76. The van der Waals surface area contributed by atoms with Gasteiger partial charge in [0.05, 0.1) is 5.41 Å². The molecule has 96 valence electrons. The van der Waals surface area contributed by atoms with Gasteiger partial charge >= 0.3 is 0 Å². The van der Waals surface area contributed by atoms with E-state index in [1.807, 2.05) is 32.6 Å². The minimum atomic E-state index is -0.472. The van der Waals surface area contributed by atoms with E-state index in [1.165, 1.54) is 0 Å². The third-order valence-corrected chi connectivity index (χ3v) is 3.19. The molecule has 0 aliphatic rings. The molecule has 0 aromatic rings. The van der Waals surface area contributed by atoms with E-state index in [0.29, 0.717) is 19.5 Å². The fourth-order valence-electron chi connectivity index (χ4n) is 1.56. The van der Waals surface area contributed by atoms with Crippen LogP contribution >= 0.6 is 0 Å². The molecule has 3 N–H and O–H groups in total. The van der Waals surface area contributed by atoms with Crippen molar-refractivity contribution in [1.82, 2.24) is 4.90 Å². The summed E-state index contributed by atoms with van der Waals surface area (Å²) in [6.45, 7) is 8.94. The molecule has 0 radical (unpaired) electrons. The summed E-state index contributed by atoms with van der Waals surface area (Å²) in [4.78, 5) is 14.2. The highest BCUT2D eigenvalue weighted by Crippen LogP contribution is 2.23. The van der Waals surface area contributed by atoms with E-state index < -0.39 is 5.41 Å². The standard InChI is InChI=1S/C12H26N2O2/c1-5-12(4,9-13)11(16)14(10(2)3)7-6-8-15/h10,15H,5-9,13H2,1-4H3. The van der Waals surface area contributed by atoms with E-state index in [0.717, 1.165) is 6.42 Å². The van der Waals surface area contributed by atoms with Crippen molar-refractivity contribution in [3.8, 4) is 0 Å². The van der Waals surface area contributed by atoms with Gasteiger partial charge in [0.1, 0.15) is 0 Å². The summed E-state index contributed by atoms with van der Waals surface area (Å²) in [6, 6.07) is 0.150. The molecule has 4 heteroatoms. The maximum Gasteiger partial charge on any atom is 0.230 e. The predicted octanol–water partition coefficient (Wildman–Crippen LogP) is 0.981. The van der Waals surface area contributed by atoms with Crippen LogP contribution in [0.3, 0.4) is 0 Å². The van der Waals surface area contributed by atoms with Gasteiger partial charge in [0.15, 0.2) is 0 Å². The molecule has 1 unspecified atom stereocenters. The zero-order valence-electron chi connectivity index (χ0n) is 11.0. The molecule has 1 amide bonds. The van der Waals surface area contributed by atoms with Crippen molar-refractivity contribution in [3.05, 3.63) is 0 Å². The van der Waals surface area contributed by atoms with Gasteiger partial charge in [0, 0.05) is 25.7 Å². The Morgan fingerprint density at radius 2 is 2.06 bits per heavy atom. The molecular weight excluding hydrogens is 204 g/mol. The number of amides is 1. The van der Waals surface area contributed by atoms with E-state index >= 15 is 0 Å². The summed E-state index contributed by atoms with van der Waals surface area (Å²) in [5.74, 6) is 0.0981. The number of carbonyl (C=O) groups excluding carboxylic acids is 1. The van der Waals surface area contributed by atoms with E-state index in [1.54, 1.807) is 0 Å². The average Bonchev–Trinajstić information content (AvgIpc) is 2.27. The topological polar surface area (TPSA) is 66.6 Å². The lowest BCUT2D eigenvalue weighted by atomic mass is 9.85. The lowest BCUT2D eigenvalue weighted by Crippen LogP contribution is -2.49. The molecule has 0 spiro atoms. The Morgan fingerprint density at radius 1 is 1.50 bits per heavy atom. The second kappa shape index (κ2) is 6.86. The zero-order chi connectivity index (χ0) is 12.8. The third-order valence-electron chi connectivity index (χ3n) is 3.19. The van der Waals surface area contributed by atoms with Crippen LogP contribution in [-0.4, -0.2) is 41.7 Å². The molecule has 0 fully saturated rings. The van der Waals surface area contributed by atoms with E-state index in [4.69, 9.17) is 10.8 Å². The van der Waals surface area contributed by atoms with Gasteiger partial charge in [0.2, 0.25) is 5.91 Å². The monoisotopic (exact) mass is 230 g/mol. The van der Waals surface area contributed by atoms with Crippen LogP contribution in [0.25, 0.3) is 0 Å². The number of aliphatic hydroxyl groups is 1. The molecule has 0 aliphatic carbocycles. The summed E-state index contributed by atoms with van der Waals surface area (Å²) >= 11 is 0. The number of rotatable bonds is 7. The predicted molar refractivity (Wildman–Crippen MR) is 66.0 cm³/mol. The Bertz CT molecular complexity index is 213. The number of nitrogens with two attached hydrogens (primary N) is 1. The number of hydrogen-bond acceptors (Lipinski definition) is 3. The molecule has 0 aromatic carbocycles. The Hall–Kier alpha value is -0.610. The van der Waals surface area contributed by atoms with Crippen LogP contribution in [0.2, 0.25) is 0 Å². The lowest BCUT2D eigenvalue weighted by Gasteiger charge is -2.35. The van der Waals surface area contributed by atoms with Gasteiger partial charge in [-0.3, -0.25) is 4.79 Å². The van der Waals surface area contributed by atoms with Crippen LogP contribution in [0, 0.1) is 5.41 Å². The SMILES string of the molecule is CCC(C)(CN)C(=O)N(CCCO)C(C)C. The number of hydrogen-bond donors (Lipinski definition) is 2. The summed E-state index contributed by atoms with van der Waals surface area (Å²) < 4.78 is 0. The molecule has 0 aromatic heterocycles. The Kier molecular flexibility index (Phi) is 6.60. The van der Waals surface area contributed by atoms with Crippen LogP contribution in [0.4, 0.5) is 0 Å². The average molecular weight is 230 g/mol. The van der Waals surface area contributed by atoms with Crippen LogP contribution in [0.1, 0.15) is 40.5 Å². The van der Waals surface area contributed by atoms with Crippen LogP contribution < -0.4 is 5.73 Å². The highest BCUT2D eigenvalue weighted by atomic mass is 16.3. The normalized spacial score (nSPS) is 14.9. The minimum absolute atomic E-state index is 0.0981. The number of carbonyl (C=O) groups is 1. The number of aliphatic hydroxyl groups excluding tert-OH is 1. The molecule has 0 rings (SSSR count). The first-order valence-electron chi connectivity index (χ1n) is 6.05. The maximum absolute atomic E-state index is 12.3. The number of nitrogens with zero attached hydrogens (tertiary/aromatic N) is 1. The van der Waals surface area contributed by atoms with Crippen molar-refractivity contribution >= 4 is 5.91 Å². The van der Waals surface area contributed by atoms with Gasteiger partial charge in [0.25, 0.3) is 0 Å². The van der Waals surface area contributed by atoms with Crippen molar-refractivity contribution in [2.45, 2.75) is 46.6 Å². The molecule has 16 heavy (non-hydrogen) atoms. The minimum Gasteiger partial charge on any atom is -0.396 e. The molecule has 0 bridgehead atoms. The first kappa shape index (κ1) is 15.4. The summed E-state index contributed by atoms with van der Waals surface area (Å²) in [6.07, 6.45) is 1.36. The van der Waals surface area contributed by atoms with E-state index in [-0.39, 0.29) is 18.6 Å². The molecule has 1 atom stereocenters. The highest BCUT2D eigenvalue weighted by Gasteiger charge is 2.34. The fourth-order valence-corrected chi connectivity index (χ4v) is 1.56. The second-order valence-electron chi connectivity index (χ2n) is 4.79. The van der Waals surface area contributed by atoms with Crippen molar-refractivity contribution in [2.24, 2.45) is 11.1 Å². The van der Waals surface area contributed by atoms with Gasteiger partial charge in [-0.2, -0.15) is 0 Å². The van der Waals surface area contributed by atoms with E-state index in [9.17, 15) is 4.79 Å². The quantitative estimate of drug-likeness (QED) is 0.685. The van der Waals surface area contributed by atoms with Crippen molar-refractivity contribution < 1.29 is 9.90 Å². The summed E-state index contributed by atoms with van der Waals surface area (Å²) in [5, 5.41) is 8.83. The summed E-state index contributed by atoms with van der Waals surface area (Å²) in [5.41, 5.74) is 5.22. The van der Waals surface area contributed by atoms with Gasteiger partial charge in [-0.05, 0) is 33.6 Å². The van der Waals surface area contributed by atoms with Crippen LogP contribution in [0.15, 0.2) is 0 Å². The Balaban J connectivity index is 4.72. The molecule has 0 heterocycles. The smallest absolute Gasteiger partial charge is 0.230 e. The van der Waals surface area contributed by atoms with Gasteiger partial charge in [-0.15, -0.1) is 0 Å². The lowest BCUT2D eigenvalue weighted by molar-refractivity contribution is -0.142. The maximum atomic E-state index is 12.3. The van der Waals surface area contributed by atoms with Crippen LogP contribution in [-0.2, 0) is 4.79 Å². The molecule has 0 saturated carbocycles. The second-order valence-corrected chi connectivity index (χ2v) is 4.79. The zero-order valence-corrected chi connectivity index (χ0v) is 11.0. The molecule has 0 aliphatic heterocycles. The van der Waals surface area contributed by atoms with Gasteiger partial charge < -0.3 is 15.7 Å². The molecular formula is C12H26N2O2. The van der Waals surface area contributed by atoms with Crippen LogP contribution in [0.5, 0.6) is 0 Å². The fraction of sp³-hybridized carbons (Fsp3) is 0.917. The van der Waals surface area contributed by atoms with Crippen molar-refractivity contribution in [3.63, 3.8) is 0 Å². The van der Waals surface area contributed by atoms with E-state index in [2.05, 4.69) is 0 Å². The summed E-state index contributed by atoms with van der Waals surface area (Å²) in [7, 11) is 0. The van der Waals surface area contributed by atoms with Gasteiger partial charge in [-0.25, -0.2) is 0 Å². The largest absolute Gasteiger partial charge is 0.396 e. The molecule has 0 saturated heterocycles. The first-order chi connectivity index (χ1) is 7.42. The Labute approximate surface area is 98.8 Å². The van der Waals surface area contributed by atoms with Crippen molar-refractivity contribution in [2.75, 3.05) is 19.7 Å². The first-order valence-corrected chi connectivity index (χ1v) is 6.05. The Morgan fingerprint density at radius 3 is 2.38 bits per heavy atom. The van der Waals surface area contributed by atoms with Gasteiger partial charge in [-0.1, -0.05) is 6.92 Å².